The molecular formula is C19H27FN2O2. The van der Waals surface area contributed by atoms with Gasteiger partial charge in [0.05, 0.1) is 6.61 Å². The van der Waals surface area contributed by atoms with Crippen molar-refractivity contribution in [3.8, 4) is 0 Å². The third-order valence-electron chi connectivity index (χ3n) is 5.82. The molecule has 2 saturated heterocycles. The third kappa shape index (κ3) is 3.20. The number of carbonyl (C=O) groups excluding carboxylic acids is 1. The number of piperidine rings is 1. The monoisotopic (exact) mass is 334 g/mol. The molecule has 132 valence electrons. The van der Waals surface area contributed by atoms with E-state index in [-0.39, 0.29) is 17.1 Å². The molecule has 2 heterocycles. The molecule has 1 amide bonds. The van der Waals surface area contributed by atoms with Gasteiger partial charge in [-0.25, -0.2) is 4.39 Å². The van der Waals surface area contributed by atoms with Gasteiger partial charge in [0, 0.05) is 44.8 Å². The number of likely N-dealkylation sites (tertiary alicyclic amines) is 2. The van der Waals surface area contributed by atoms with Gasteiger partial charge in [0.1, 0.15) is 5.82 Å². The van der Waals surface area contributed by atoms with Gasteiger partial charge in [0.25, 0.3) is 5.91 Å². The Hall–Kier alpha value is -1.46. The van der Waals surface area contributed by atoms with E-state index in [4.69, 9.17) is 4.74 Å². The molecule has 1 atom stereocenters. The van der Waals surface area contributed by atoms with Crippen LogP contribution in [-0.4, -0.2) is 62.7 Å². The maximum Gasteiger partial charge on any atom is 0.254 e. The average Bonchev–Trinajstić information content (AvgIpc) is 2.83. The summed E-state index contributed by atoms with van der Waals surface area (Å²) in [6.45, 7) is 6.27. The third-order valence-corrected chi connectivity index (χ3v) is 5.82. The number of benzene rings is 1. The van der Waals surface area contributed by atoms with E-state index >= 15 is 0 Å². The molecule has 0 bridgehead atoms. The van der Waals surface area contributed by atoms with Crippen LogP contribution in [0.2, 0.25) is 0 Å². The predicted molar refractivity (Wildman–Crippen MR) is 91.6 cm³/mol. The van der Waals surface area contributed by atoms with Gasteiger partial charge in [-0.05, 0) is 56.0 Å². The Bertz CT molecular complexity index is 611. The van der Waals surface area contributed by atoms with Gasteiger partial charge in [-0.1, -0.05) is 0 Å². The predicted octanol–water partition coefficient (Wildman–Crippen LogP) is 2.56. The van der Waals surface area contributed by atoms with Crippen molar-refractivity contribution in [2.24, 2.45) is 11.3 Å². The molecule has 4 nitrogen and oxygen atoms in total. The molecule has 0 aromatic heterocycles. The van der Waals surface area contributed by atoms with Gasteiger partial charge in [-0.15, -0.1) is 0 Å². The fourth-order valence-electron chi connectivity index (χ4n) is 4.49. The average molecular weight is 334 g/mol. The van der Waals surface area contributed by atoms with E-state index in [1.165, 1.54) is 12.1 Å². The minimum atomic E-state index is -0.293. The minimum Gasteiger partial charge on any atom is -0.384 e. The summed E-state index contributed by atoms with van der Waals surface area (Å²) in [4.78, 5) is 17.1. The Balaban J connectivity index is 1.69. The lowest BCUT2D eigenvalue weighted by Crippen LogP contribution is -2.47. The van der Waals surface area contributed by atoms with Crippen molar-refractivity contribution in [2.45, 2.75) is 19.8 Å². The van der Waals surface area contributed by atoms with Crippen LogP contribution in [0.3, 0.4) is 0 Å². The summed E-state index contributed by atoms with van der Waals surface area (Å²) in [5.74, 6) is 0.271. The Morgan fingerprint density at radius 2 is 2.08 bits per heavy atom. The van der Waals surface area contributed by atoms with Gasteiger partial charge in [0.2, 0.25) is 0 Å². The maximum absolute atomic E-state index is 13.3. The highest BCUT2D eigenvalue weighted by Gasteiger charge is 2.47. The van der Waals surface area contributed by atoms with Crippen molar-refractivity contribution in [2.75, 3.05) is 46.9 Å². The van der Waals surface area contributed by atoms with Crippen LogP contribution >= 0.6 is 0 Å². The van der Waals surface area contributed by atoms with E-state index < -0.39 is 0 Å². The molecule has 2 fully saturated rings. The van der Waals surface area contributed by atoms with Crippen molar-refractivity contribution < 1.29 is 13.9 Å². The number of rotatable bonds is 3. The lowest BCUT2D eigenvalue weighted by molar-refractivity contribution is 0.0324. The van der Waals surface area contributed by atoms with E-state index in [1.807, 2.05) is 4.90 Å². The zero-order chi connectivity index (χ0) is 17.3. The lowest BCUT2D eigenvalue weighted by atomic mass is 9.71. The van der Waals surface area contributed by atoms with Crippen LogP contribution in [0.25, 0.3) is 0 Å². The molecule has 1 aromatic rings. The maximum atomic E-state index is 13.3. The molecule has 24 heavy (non-hydrogen) atoms. The van der Waals surface area contributed by atoms with Crippen LogP contribution < -0.4 is 0 Å². The summed E-state index contributed by atoms with van der Waals surface area (Å²) in [5, 5.41) is 0. The van der Waals surface area contributed by atoms with Gasteiger partial charge < -0.3 is 14.5 Å². The highest BCUT2D eigenvalue weighted by atomic mass is 19.1. The number of hydrogen-bond donors (Lipinski definition) is 0. The van der Waals surface area contributed by atoms with Crippen LogP contribution in [0.5, 0.6) is 0 Å². The summed E-state index contributed by atoms with van der Waals surface area (Å²) >= 11 is 0. The van der Waals surface area contributed by atoms with Crippen molar-refractivity contribution in [3.05, 3.63) is 35.1 Å². The van der Waals surface area contributed by atoms with E-state index in [9.17, 15) is 9.18 Å². The van der Waals surface area contributed by atoms with Crippen LogP contribution in [0.4, 0.5) is 4.39 Å². The number of ether oxygens (including phenoxy) is 1. The van der Waals surface area contributed by atoms with E-state index in [0.29, 0.717) is 17.0 Å². The summed E-state index contributed by atoms with van der Waals surface area (Å²) < 4.78 is 18.7. The molecule has 3 rings (SSSR count). The number of nitrogens with zero attached hydrogens (tertiary/aromatic N) is 2. The molecule has 0 saturated carbocycles. The molecule has 0 unspecified atom stereocenters. The van der Waals surface area contributed by atoms with Gasteiger partial charge in [-0.3, -0.25) is 4.79 Å². The number of methoxy groups -OCH3 is 1. The minimum absolute atomic E-state index is 0.0250. The van der Waals surface area contributed by atoms with E-state index in [1.54, 1.807) is 20.1 Å². The molecule has 1 spiro atoms. The van der Waals surface area contributed by atoms with Crippen LogP contribution in [0.15, 0.2) is 18.2 Å². The molecule has 2 aliphatic rings. The molecule has 0 N–H and O–H groups in total. The summed E-state index contributed by atoms with van der Waals surface area (Å²) in [7, 11) is 3.93. The topological polar surface area (TPSA) is 32.8 Å². The number of aryl methyl sites for hydroxylation is 1. The first-order valence-electron chi connectivity index (χ1n) is 8.68. The van der Waals surface area contributed by atoms with Crippen molar-refractivity contribution in [1.29, 1.82) is 0 Å². The second-order valence-electron chi connectivity index (χ2n) is 7.46. The number of carbonyl (C=O) groups is 1. The number of hydrogen-bond acceptors (Lipinski definition) is 3. The first kappa shape index (κ1) is 17.4. The summed E-state index contributed by atoms with van der Waals surface area (Å²) in [6, 6.07) is 4.40. The SMILES string of the molecule is COC[C@@H]1CN(C)CC12CCN(C(=O)c1ccc(F)cc1C)CC2. The van der Waals surface area contributed by atoms with Crippen molar-refractivity contribution in [3.63, 3.8) is 0 Å². The van der Waals surface area contributed by atoms with Gasteiger partial charge in [-0.2, -0.15) is 0 Å². The lowest BCUT2D eigenvalue weighted by Gasteiger charge is -2.42. The quantitative estimate of drug-likeness (QED) is 0.852. The zero-order valence-electron chi connectivity index (χ0n) is 14.8. The normalized spacial score (nSPS) is 23.8. The molecule has 1 aromatic carbocycles. The van der Waals surface area contributed by atoms with Crippen molar-refractivity contribution >= 4 is 5.91 Å². The Labute approximate surface area is 143 Å². The van der Waals surface area contributed by atoms with Gasteiger partial charge >= 0.3 is 0 Å². The Morgan fingerprint density at radius 1 is 1.38 bits per heavy atom. The molecule has 5 heteroatoms. The first-order valence-corrected chi connectivity index (χ1v) is 8.68. The fourth-order valence-corrected chi connectivity index (χ4v) is 4.49. The molecular weight excluding hydrogens is 307 g/mol. The summed E-state index contributed by atoms with van der Waals surface area (Å²) in [6.07, 6.45) is 2.02. The van der Waals surface area contributed by atoms with Crippen molar-refractivity contribution in [1.82, 2.24) is 9.80 Å². The Morgan fingerprint density at radius 3 is 2.71 bits per heavy atom. The highest BCUT2D eigenvalue weighted by Crippen LogP contribution is 2.44. The largest absolute Gasteiger partial charge is 0.384 e. The smallest absolute Gasteiger partial charge is 0.254 e. The highest BCUT2D eigenvalue weighted by molar-refractivity contribution is 5.95. The molecule has 0 radical (unpaired) electrons. The van der Waals surface area contributed by atoms with Crippen LogP contribution in [0, 0.1) is 24.1 Å². The second kappa shape index (κ2) is 6.81. The summed E-state index contributed by atoms with van der Waals surface area (Å²) in [5.41, 5.74) is 1.59. The van der Waals surface area contributed by atoms with Crippen LogP contribution in [0.1, 0.15) is 28.8 Å². The standard InChI is InChI=1S/C19H27FN2O2/c1-14-10-16(20)4-5-17(14)18(23)22-8-6-19(7-9-22)13-21(2)11-15(19)12-24-3/h4-5,10,15H,6-9,11-13H2,1-3H3/t15-/m0/s1. The van der Waals surface area contributed by atoms with Gasteiger partial charge in [0.15, 0.2) is 0 Å². The Kier molecular flexibility index (Phi) is 4.92. The van der Waals surface area contributed by atoms with E-state index in [0.717, 1.165) is 45.6 Å². The number of amides is 1. The number of halogens is 1. The zero-order valence-corrected chi connectivity index (χ0v) is 14.8. The fraction of sp³-hybridized carbons (Fsp3) is 0.632. The van der Waals surface area contributed by atoms with E-state index in [2.05, 4.69) is 11.9 Å². The first-order chi connectivity index (χ1) is 11.4. The molecule has 0 aliphatic carbocycles. The van der Waals surface area contributed by atoms with Crippen LogP contribution in [-0.2, 0) is 4.74 Å². The second-order valence-corrected chi connectivity index (χ2v) is 7.46. The molecule has 2 aliphatic heterocycles.